The number of piperidine rings is 1. The van der Waals surface area contributed by atoms with Crippen molar-refractivity contribution in [3.8, 4) is 11.1 Å². The van der Waals surface area contributed by atoms with Gasteiger partial charge in [-0.1, -0.05) is 47.5 Å². The molecule has 8 rings (SSSR count). The van der Waals surface area contributed by atoms with E-state index in [-0.39, 0.29) is 44.7 Å². The number of rotatable bonds is 9. The van der Waals surface area contributed by atoms with Gasteiger partial charge in [-0.2, -0.15) is 5.10 Å². The number of anilines is 3. The average Bonchev–Trinajstić information content (AvgIpc) is 3.58. The van der Waals surface area contributed by atoms with Crippen molar-refractivity contribution in [3.05, 3.63) is 87.5 Å². The zero-order valence-corrected chi connectivity index (χ0v) is 30.0. The van der Waals surface area contributed by atoms with Crippen LogP contribution in [0.5, 0.6) is 0 Å². The van der Waals surface area contributed by atoms with E-state index in [1.807, 2.05) is 15.6 Å². The van der Waals surface area contributed by atoms with Crippen molar-refractivity contribution < 1.29 is 23.1 Å². The molecule has 1 amide bonds. The maximum Gasteiger partial charge on any atom is 0.297 e. The molecule has 5 aromatic rings. The number of aliphatic hydroxyl groups is 1. The van der Waals surface area contributed by atoms with E-state index in [0.717, 1.165) is 51.0 Å². The van der Waals surface area contributed by atoms with Gasteiger partial charge in [-0.25, -0.2) is 23.1 Å². The Morgan fingerprint density at radius 1 is 0.962 bits per heavy atom. The van der Waals surface area contributed by atoms with Crippen molar-refractivity contribution in [2.45, 2.75) is 63.5 Å². The lowest BCUT2D eigenvalue weighted by molar-refractivity contribution is 0.0512. The molecular weight excluding hydrogens is 730 g/mol. The van der Waals surface area contributed by atoms with Crippen LogP contribution in [0.4, 0.5) is 30.4 Å². The van der Waals surface area contributed by atoms with Gasteiger partial charge in [0.05, 0.1) is 44.8 Å². The van der Waals surface area contributed by atoms with Gasteiger partial charge in [0.25, 0.3) is 12.3 Å². The fourth-order valence-electron chi connectivity index (χ4n) is 7.37. The second-order valence-electron chi connectivity index (χ2n) is 13.7. The number of pyridine rings is 1. The van der Waals surface area contributed by atoms with Gasteiger partial charge in [-0.3, -0.25) is 24.3 Å². The van der Waals surface area contributed by atoms with E-state index in [1.165, 1.54) is 0 Å². The summed E-state index contributed by atoms with van der Waals surface area (Å²) in [4.78, 5) is 30.4. The van der Waals surface area contributed by atoms with Gasteiger partial charge in [-0.05, 0) is 55.5 Å². The molecule has 2 aromatic carbocycles. The Hall–Kier alpha value is -4.34. The van der Waals surface area contributed by atoms with Crippen LogP contribution in [0.15, 0.2) is 54.7 Å². The molecular formula is C37H36Cl2F3N9O2. The molecule has 3 N–H and O–H groups in total. The molecule has 0 saturated carbocycles. The highest BCUT2D eigenvalue weighted by Gasteiger charge is 2.32. The first kappa shape index (κ1) is 35.7. The van der Waals surface area contributed by atoms with E-state index in [0.29, 0.717) is 47.7 Å². The van der Waals surface area contributed by atoms with E-state index in [2.05, 4.69) is 35.6 Å². The standard InChI is InChI=1S/C37H36Cl2F3N9O2/c38-31-23(4-1-6-25(31)44-35-33-27(45-36(47-35)34(41)42)14-20(16-43-33)17-49-18-21(40)19-49)24-5-2-7-26(32(24)39)46-37(53)28-15-30-29(8-3-11-51(30)48-28)50-12-9-22(52)10-13-50/h1-2,4-7,14-16,21-22,29,34,52H,3,8-13,17-19H2,(H,46,53)(H,44,45,47)/t29-/m0/s1. The van der Waals surface area contributed by atoms with Crippen LogP contribution in [0.1, 0.15) is 65.7 Å². The number of hydrogen-bond acceptors (Lipinski definition) is 9. The van der Waals surface area contributed by atoms with Gasteiger partial charge >= 0.3 is 0 Å². The largest absolute Gasteiger partial charge is 0.393 e. The summed E-state index contributed by atoms with van der Waals surface area (Å²) in [5.41, 5.74) is 4.23. The summed E-state index contributed by atoms with van der Waals surface area (Å²) in [5.74, 6) is -1.04. The molecule has 0 aliphatic carbocycles. The summed E-state index contributed by atoms with van der Waals surface area (Å²) in [6.45, 7) is 3.36. The Bertz CT molecular complexity index is 2170. The number of nitrogens with one attached hydrogen (secondary N) is 2. The SMILES string of the molecule is O=C(Nc1cccc(-c2cccc(Nc3nc(C(F)F)nc4cc(CN5CC(F)C5)cnc34)c2Cl)c1Cl)c1cc2n(n1)CCC[C@@H]2N1CCC(O)CC1. The topological polar surface area (TPSA) is 124 Å². The minimum atomic E-state index is -2.94. The lowest BCUT2D eigenvalue weighted by Gasteiger charge is -2.38. The zero-order valence-electron chi connectivity index (χ0n) is 28.5. The van der Waals surface area contributed by atoms with Crippen LogP contribution in [-0.4, -0.2) is 84.0 Å². The fraction of sp³-hybridized carbons (Fsp3) is 0.378. The van der Waals surface area contributed by atoms with Crippen molar-refractivity contribution >= 4 is 57.3 Å². The lowest BCUT2D eigenvalue weighted by Crippen LogP contribution is -2.47. The normalized spacial score (nSPS) is 18.7. The molecule has 3 aliphatic rings. The number of aryl methyl sites for hydroxylation is 1. The number of benzene rings is 2. The lowest BCUT2D eigenvalue weighted by atomic mass is 9.98. The van der Waals surface area contributed by atoms with Gasteiger partial charge in [0.2, 0.25) is 0 Å². The second kappa shape index (κ2) is 14.8. The molecule has 16 heteroatoms. The fourth-order valence-corrected chi connectivity index (χ4v) is 7.92. The number of carbonyl (C=O) groups is 1. The highest BCUT2D eigenvalue weighted by atomic mass is 35.5. The van der Waals surface area contributed by atoms with Gasteiger partial charge in [0.15, 0.2) is 17.3 Å². The number of aromatic nitrogens is 5. The molecule has 3 aromatic heterocycles. The predicted molar refractivity (Wildman–Crippen MR) is 197 cm³/mol. The third kappa shape index (κ3) is 7.30. The minimum absolute atomic E-state index is 0.0404. The molecule has 0 spiro atoms. The summed E-state index contributed by atoms with van der Waals surface area (Å²) >= 11 is 13.9. The van der Waals surface area contributed by atoms with E-state index >= 15 is 0 Å². The Morgan fingerprint density at radius 2 is 1.68 bits per heavy atom. The maximum atomic E-state index is 13.9. The van der Waals surface area contributed by atoms with Gasteiger partial charge in [0, 0.05) is 56.6 Å². The molecule has 276 valence electrons. The van der Waals surface area contributed by atoms with E-state index in [4.69, 9.17) is 23.2 Å². The van der Waals surface area contributed by atoms with Crippen molar-refractivity contribution in [1.82, 2.24) is 34.5 Å². The van der Waals surface area contributed by atoms with Crippen LogP contribution in [0.3, 0.4) is 0 Å². The van der Waals surface area contributed by atoms with Crippen molar-refractivity contribution in [2.24, 2.45) is 0 Å². The highest BCUT2D eigenvalue weighted by Crippen LogP contribution is 2.42. The van der Waals surface area contributed by atoms with E-state index < -0.39 is 24.3 Å². The van der Waals surface area contributed by atoms with Crippen molar-refractivity contribution in [1.29, 1.82) is 0 Å². The molecule has 53 heavy (non-hydrogen) atoms. The summed E-state index contributed by atoms with van der Waals surface area (Å²) in [5, 5.41) is 21.1. The molecule has 0 unspecified atom stereocenters. The molecule has 0 bridgehead atoms. The first-order valence-electron chi connectivity index (χ1n) is 17.6. The number of halogens is 5. The molecule has 11 nitrogen and oxygen atoms in total. The zero-order chi connectivity index (χ0) is 36.8. The molecule has 0 radical (unpaired) electrons. The summed E-state index contributed by atoms with van der Waals surface area (Å²) in [7, 11) is 0. The van der Waals surface area contributed by atoms with Crippen molar-refractivity contribution in [2.75, 3.05) is 36.8 Å². The quantitative estimate of drug-likeness (QED) is 0.139. The van der Waals surface area contributed by atoms with E-state index in [1.54, 1.807) is 48.7 Å². The number of aliphatic hydroxyl groups excluding tert-OH is 1. The number of hydrogen-bond donors (Lipinski definition) is 3. The smallest absolute Gasteiger partial charge is 0.297 e. The Balaban J connectivity index is 1.04. The predicted octanol–water partition coefficient (Wildman–Crippen LogP) is 7.57. The third-order valence-electron chi connectivity index (χ3n) is 10.1. The Labute approximate surface area is 313 Å². The number of alkyl halides is 3. The third-order valence-corrected chi connectivity index (χ3v) is 10.9. The molecule has 2 saturated heterocycles. The molecule has 2 fully saturated rings. The summed E-state index contributed by atoms with van der Waals surface area (Å²) < 4.78 is 43.1. The van der Waals surface area contributed by atoms with Crippen LogP contribution in [0, 0.1) is 0 Å². The van der Waals surface area contributed by atoms with Crippen molar-refractivity contribution in [3.63, 3.8) is 0 Å². The monoisotopic (exact) mass is 765 g/mol. The van der Waals surface area contributed by atoms with Gasteiger partial charge in [0.1, 0.15) is 11.7 Å². The molecule has 1 atom stereocenters. The van der Waals surface area contributed by atoms with Crippen LogP contribution in [-0.2, 0) is 13.1 Å². The second-order valence-corrected chi connectivity index (χ2v) is 14.5. The van der Waals surface area contributed by atoms with Gasteiger partial charge in [-0.15, -0.1) is 0 Å². The highest BCUT2D eigenvalue weighted by molar-refractivity contribution is 6.39. The van der Waals surface area contributed by atoms with Crippen LogP contribution >= 0.6 is 23.2 Å². The van der Waals surface area contributed by atoms with Crippen LogP contribution in [0.2, 0.25) is 10.0 Å². The Kier molecular flexibility index (Phi) is 9.98. The first-order chi connectivity index (χ1) is 25.6. The van der Waals surface area contributed by atoms with E-state index in [9.17, 15) is 23.1 Å². The molecule has 6 heterocycles. The first-order valence-corrected chi connectivity index (χ1v) is 18.3. The number of likely N-dealkylation sites (tertiary alicyclic amines) is 2. The number of nitrogens with zero attached hydrogens (tertiary/aromatic N) is 7. The summed E-state index contributed by atoms with van der Waals surface area (Å²) in [6.07, 6.45) is 0.892. The minimum Gasteiger partial charge on any atom is -0.393 e. The Morgan fingerprint density at radius 3 is 2.40 bits per heavy atom. The maximum absolute atomic E-state index is 13.9. The number of carbonyl (C=O) groups excluding carboxylic acids is 1. The van der Waals surface area contributed by atoms with Gasteiger partial charge < -0.3 is 15.7 Å². The van der Waals surface area contributed by atoms with Crippen LogP contribution < -0.4 is 10.6 Å². The molecule has 3 aliphatic heterocycles. The number of amides is 1. The van der Waals surface area contributed by atoms with Crippen LogP contribution in [0.25, 0.3) is 22.2 Å². The summed E-state index contributed by atoms with van der Waals surface area (Å²) in [6, 6.07) is 14.0. The average molecular weight is 767 g/mol. The number of fused-ring (bicyclic) bond motifs is 2.